The maximum atomic E-state index is 12.7. The maximum Gasteiger partial charge on any atom is 0.170 e. The highest BCUT2D eigenvalue weighted by Crippen LogP contribution is 2.07. The summed E-state index contributed by atoms with van der Waals surface area (Å²) in [7, 11) is 0. The fourth-order valence-electron chi connectivity index (χ4n) is 1.46. The van der Waals surface area contributed by atoms with Crippen molar-refractivity contribution in [2.45, 2.75) is 6.42 Å². The van der Waals surface area contributed by atoms with Gasteiger partial charge in [0.1, 0.15) is 11.6 Å². The molecule has 1 aromatic carbocycles. The quantitative estimate of drug-likeness (QED) is 0.833. The minimum Gasteiger partial charge on any atom is -0.469 e. The first-order chi connectivity index (χ1) is 8.74. The molecule has 5 heteroatoms. The van der Waals surface area contributed by atoms with Gasteiger partial charge in [0, 0.05) is 18.7 Å². The van der Waals surface area contributed by atoms with Gasteiger partial charge in [0.05, 0.1) is 6.26 Å². The lowest BCUT2D eigenvalue weighted by Crippen LogP contribution is -2.30. The fraction of sp³-hybridized carbons (Fsp3) is 0.154. The van der Waals surface area contributed by atoms with E-state index in [4.69, 9.17) is 16.6 Å². The van der Waals surface area contributed by atoms with Gasteiger partial charge < -0.3 is 15.1 Å². The largest absolute Gasteiger partial charge is 0.469 e. The van der Waals surface area contributed by atoms with Gasteiger partial charge in [0.2, 0.25) is 0 Å². The number of furan rings is 1. The molecule has 2 aromatic rings. The molecule has 1 aromatic heterocycles. The van der Waals surface area contributed by atoms with E-state index in [1.54, 1.807) is 18.4 Å². The molecular weight excluding hydrogens is 251 g/mol. The zero-order chi connectivity index (χ0) is 12.8. The Balaban J connectivity index is 1.73. The van der Waals surface area contributed by atoms with Crippen LogP contribution in [0.15, 0.2) is 47.1 Å². The summed E-state index contributed by atoms with van der Waals surface area (Å²) in [6, 6.07) is 9.80. The lowest BCUT2D eigenvalue weighted by molar-refractivity contribution is 0.507. The lowest BCUT2D eigenvalue weighted by Gasteiger charge is -2.09. The molecule has 0 amide bonds. The van der Waals surface area contributed by atoms with Crippen molar-refractivity contribution in [1.82, 2.24) is 5.32 Å². The molecule has 18 heavy (non-hydrogen) atoms. The Hall–Kier alpha value is -1.88. The highest BCUT2D eigenvalue weighted by atomic mass is 32.1. The average molecular weight is 264 g/mol. The summed E-state index contributed by atoms with van der Waals surface area (Å²) in [6.45, 7) is 0.681. The molecule has 0 atom stereocenters. The van der Waals surface area contributed by atoms with Crippen LogP contribution in [-0.2, 0) is 6.42 Å². The van der Waals surface area contributed by atoms with Crippen molar-refractivity contribution < 1.29 is 8.81 Å². The Bertz CT molecular complexity index is 496. The molecule has 2 rings (SSSR count). The third-order valence-electron chi connectivity index (χ3n) is 2.34. The van der Waals surface area contributed by atoms with Crippen molar-refractivity contribution in [1.29, 1.82) is 0 Å². The Morgan fingerprint density at radius 2 is 2.00 bits per heavy atom. The van der Waals surface area contributed by atoms with Gasteiger partial charge in [-0.25, -0.2) is 4.39 Å². The van der Waals surface area contributed by atoms with Gasteiger partial charge in [-0.3, -0.25) is 0 Å². The van der Waals surface area contributed by atoms with E-state index in [1.165, 1.54) is 12.1 Å². The van der Waals surface area contributed by atoms with Gasteiger partial charge in [0.15, 0.2) is 5.11 Å². The Labute approximate surface area is 110 Å². The standard InChI is InChI=1S/C13H13FN2OS/c14-10-3-5-11(6-4-10)16-13(18)15-8-7-12-2-1-9-17-12/h1-6,9H,7-8H2,(H2,15,16,18). The predicted octanol–water partition coefficient (Wildman–Crippen LogP) is 2.95. The summed E-state index contributed by atoms with van der Waals surface area (Å²) in [5.74, 6) is 0.643. The Morgan fingerprint density at radius 3 is 2.67 bits per heavy atom. The minimum absolute atomic E-state index is 0.266. The van der Waals surface area contributed by atoms with Crippen LogP contribution < -0.4 is 10.6 Å². The second-order valence-electron chi connectivity index (χ2n) is 3.72. The van der Waals surface area contributed by atoms with Crippen LogP contribution in [-0.4, -0.2) is 11.7 Å². The molecule has 0 spiro atoms. The molecule has 0 unspecified atom stereocenters. The predicted molar refractivity (Wildman–Crippen MR) is 73.0 cm³/mol. The highest BCUT2D eigenvalue weighted by molar-refractivity contribution is 7.80. The van der Waals surface area contributed by atoms with Crippen LogP contribution >= 0.6 is 12.2 Å². The monoisotopic (exact) mass is 264 g/mol. The minimum atomic E-state index is -0.266. The molecular formula is C13H13FN2OS. The molecule has 3 nitrogen and oxygen atoms in total. The van der Waals surface area contributed by atoms with E-state index >= 15 is 0 Å². The van der Waals surface area contributed by atoms with Gasteiger partial charge >= 0.3 is 0 Å². The van der Waals surface area contributed by atoms with Crippen LogP contribution in [0.5, 0.6) is 0 Å². The number of hydrogen-bond donors (Lipinski definition) is 2. The van der Waals surface area contributed by atoms with Crippen molar-refractivity contribution in [3.05, 3.63) is 54.2 Å². The van der Waals surface area contributed by atoms with E-state index in [0.29, 0.717) is 11.7 Å². The van der Waals surface area contributed by atoms with Crippen LogP contribution in [0.25, 0.3) is 0 Å². The molecule has 0 aliphatic heterocycles. The molecule has 2 N–H and O–H groups in total. The number of halogens is 1. The van der Waals surface area contributed by atoms with Crippen molar-refractivity contribution >= 4 is 23.0 Å². The van der Waals surface area contributed by atoms with Gasteiger partial charge in [0.25, 0.3) is 0 Å². The number of rotatable bonds is 4. The Morgan fingerprint density at radius 1 is 1.22 bits per heavy atom. The third kappa shape index (κ3) is 3.85. The molecule has 0 saturated carbocycles. The summed E-state index contributed by atoms with van der Waals surface area (Å²) < 4.78 is 17.9. The zero-order valence-electron chi connectivity index (χ0n) is 9.65. The van der Waals surface area contributed by atoms with Crippen LogP contribution in [0.1, 0.15) is 5.76 Å². The summed E-state index contributed by atoms with van der Waals surface area (Å²) >= 11 is 5.12. The number of nitrogens with one attached hydrogen (secondary N) is 2. The molecule has 0 aliphatic carbocycles. The number of thiocarbonyl (C=S) groups is 1. The third-order valence-corrected chi connectivity index (χ3v) is 2.59. The van der Waals surface area contributed by atoms with Gasteiger partial charge in [-0.15, -0.1) is 0 Å². The van der Waals surface area contributed by atoms with Gasteiger partial charge in [-0.05, 0) is 48.6 Å². The molecule has 1 heterocycles. The molecule has 94 valence electrons. The topological polar surface area (TPSA) is 37.2 Å². The van der Waals surface area contributed by atoms with E-state index < -0.39 is 0 Å². The molecule has 0 radical (unpaired) electrons. The first-order valence-electron chi connectivity index (χ1n) is 5.57. The lowest BCUT2D eigenvalue weighted by atomic mass is 10.3. The van der Waals surface area contributed by atoms with Crippen molar-refractivity contribution in [2.24, 2.45) is 0 Å². The summed E-state index contributed by atoms with van der Waals surface area (Å²) in [4.78, 5) is 0. The summed E-state index contributed by atoms with van der Waals surface area (Å²) in [6.07, 6.45) is 2.41. The first-order valence-corrected chi connectivity index (χ1v) is 5.97. The van der Waals surface area contributed by atoms with E-state index in [1.807, 2.05) is 12.1 Å². The average Bonchev–Trinajstić information content (AvgIpc) is 2.85. The number of benzene rings is 1. The van der Waals surface area contributed by atoms with Crippen LogP contribution in [0, 0.1) is 5.82 Å². The highest BCUT2D eigenvalue weighted by Gasteiger charge is 1.99. The SMILES string of the molecule is Fc1ccc(NC(=S)NCCc2ccco2)cc1. The molecule has 0 fully saturated rings. The van der Waals surface area contributed by atoms with Crippen LogP contribution in [0.2, 0.25) is 0 Å². The molecule has 0 aliphatic rings. The normalized spacial score (nSPS) is 10.1. The van der Waals surface area contributed by atoms with Gasteiger partial charge in [-0.2, -0.15) is 0 Å². The second-order valence-corrected chi connectivity index (χ2v) is 4.13. The van der Waals surface area contributed by atoms with Crippen molar-refractivity contribution in [2.75, 3.05) is 11.9 Å². The second kappa shape index (κ2) is 6.16. The Kier molecular flexibility index (Phi) is 4.30. The maximum absolute atomic E-state index is 12.7. The molecule has 0 saturated heterocycles. The van der Waals surface area contributed by atoms with E-state index in [-0.39, 0.29) is 5.82 Å². The molecule has 0 bridgehead atoms. The first kappa shape index (κ1) is 12.6. The summed E-state index contributed by atoms with van der Waals surface area (Å²) in [5, 5.41) is 6.53. The number of hydrogen-bond acceptors (Lipinski definition) is 2. The smallest absolute Gasteiger partial charge is 0.170 e. The fourth-order valence-corrected chi connectivity index (χ4v) is 1.68. The number of anilines is 1. The van der Waals surface area contributed by atoms with E-state index in [2.05, 4.69) is 10.6 Å². The zero-order valence-corrected chi connectivity index (χ0v) is 10.5. The van der Waals surface area contributed by atoms with Crippen LogP contribution in [0.4, 0.5) is 10.1 Å². The van der Waals surface area contributed by atoms with Crippen LogP contribution in [0.3, 0.4) is 0 Å². The van der Waals surface area contributed by atoms with Gasteiger partial charge in [-0.1, -0.05) is 0 Å². The van der Waals surface area contributed by atoms with Crippen molar-refractivity contribution in [3.63, 3.8) is 0 Å². The van der Waals surface area contributed by atoms with E-state index in [9.17, 15) is 4.39 Å². The van der Waals surface area contributed by atoms with Crippen molar-refractivity contribution in [3.8, 4) is 0 Å². The van der Waals surface area contributed by atoms with E-state index in [0.717, 1.165) is 17.9 Å². The summed E-state index contributed by atoms with van der Waals surface area (Å²) in [5.41, 5.74) is 0.756.